The first-order chi connectivity index (χ1) is 12.1. The van der Waals surface area contributed by atoms with Crippen molar-refractivity contribution in [3.63, 3.8) is 0 Å². The second kappa shape index (κ2) is 9.40. The van der Waals surface area contributed by atoms with Gasteiger partial charge in [0, 0.05) is 25.8 Å². The van der Waals surface area contributed by atoms with E-state index in [0.717, 1.165) is 12.8 Å². The van der Waals surface area contributed by atoms with E-state index in [2.05, 4.69) is 10.3 Å². The zero-order valence-electron chi connectivity index (χ0n) is 15.8. The molecule has 0 radical (unpaired) electrons. The Morgan fingerprint density at radius 1 is 1.23 bits per heavy atom. The highest BCUT2D eigenvalue weighted by atomic mass is 16.5. The maximum Gasteiger partial charge on any atom is 0.310 e. The Balaban J connectivity index is 3.43. The van der Waals surface area contributed by atoms with Gasteiger partial charge < -0.3 is 26.6 Å². The molecule has 9 nitrogen and oxygen atoms in total. The van der Waals surface area contributed by atoms with Crippen LogP contribution in [0.4, 0.5) is 0 Å². The van der Waals surface area contributed by atoms with E-state index in [1.54, 1.807) is 0 Å². The molecule has 0 aromatic carbocycles. The summed E-state index contributed by atoms with van der Waals surface area (Å²) in [7, 11) is 0. The Morgan fingerprint density at radius 2 is 1.81 bits per heavy atom. The number of aliphatic imine (C=N–C) groups is 1. The molecule has 1 saturated carbocycles. The van der Waals surface area contributed by atoms with E-state index in [9.17, 15) is 19.5 Å². The summed E-state index contributed by atoms with van der Waals surface area (Å²) in [5.74, 6) is -3.49. The second-order valence-corrected chi connectivity index (χ2v) is 6.76. The summed E-state index contributed by atoms with van der Waals surface area (Å²) in [4.78, 5) is 39.3. The number of ether oxygens (including phenoxy) is 1. The van der Waals surface area contributed by atoms with Gasteiger partial charge in [-0.05, 0) is 12.3 Å². The monoisotopic (exact) mass is 370 g/mol. The smallest absolute Gasteiger partial charge is 0.310 e. The van der Waals surface area contributed by atoms with Crippen molar-refractivity contribution >= 4 is 23.8 Å². The van der Waals surface area contributed by atoms with Crippen molar-refractivity contribution in [1.29, 1.82) is 0 Å². The van der Waals surface area contributed by atoms with Crippen LogP contribution >= 0.6 is 0 Å². The van der Waals surface area contributed by atoms with Crippen LogP contribution in [0.3, 0.4) is 0 Å². The quantitative estimate of drug-likeness (QED) is 0.270. The number of nitrogens with two attached hydrogens (primary N) is 2. The third-order valence-electron chi connectivity index (χ3n) is 4.99. The lowest BCUT2D eigenvalue weighted by Crippen LogP contribution is -2.51. The van der Waals surface area contributed by atoms with Crippen molar-refractivity contribution in [2.45, 2.75) is 65.1 Å². The zero-order valence-corrected chi connectivity index (χ0v) is 15.8. The van der Waals surface area contributed by atoms with Gasteiger partial charge in [-0.1, -0.05) is 26.7 Å². The highest BCUT2D eigenvalue weighted by molar-refractivity contribution is 5.77. The van der Waals surface area contributed by atoms with Crippen LogP contribution < -0.4 is 16.8 Å². The van der Waals surface area contributed by atoms with Crippen LogP contribution in [0.1, 0.15) is 47.0 Å². The summed E-state index contributed by atoms with van der Waals surface area (Å²) in [5.41, 5.74) is 11.1. The van der Waals surface area contributed by atoms with Gasteiger partial charge in [0.05, 0.1) is 12.0 Å². The third-order valence-corrected chi connectivity index (χ3v) is 4.99. The second-order valence-electron chi connectivity index (χ2n) is 6.76. The summed E-state index contributed by atoms with van der Waals surface area (Å²) < 4.78 is 5.39. The highest BCUT2D eigenvalue weighted by Gasteiger charge is 2.53. The SMILES string of the molecule is CCC(CC)[C@H](NC(C)=O)[C@@H]1[C@H](OC(C)=O)[C@@H](C(=O)O)C[C@H]1N=C(N)N. The minimum Gasteiger partial charge on any atom is -0.481 e. The molecule has 0 bridgehead atoms. The van der Waals surface area contributed by atoms with Crippen LogP contribution in [-0.4, -0.2) is 47.1 Å². The number of aliphatic carboxylic acids is 1. The molecule has 6 N–H and O–H groups in total. The molecule has 148 valence electrons. The van der Waals surface area contributed by atoms with Gasteiger partial charge in [-0.2, -0.15) is 0 Å². The first-order valence-corrected chi connectivity index (χ1v) is 8.88. The summed E-state index contributed by atoms with van der Waals surface area (Å²) in [6.07, 6.45) is 0.732. The minimum absolute atomic E-state index is 0.0613. The number of guanidine groups is 1. The lowest BCUT2D eigenvalue weighted by molar-refractivity contribution is -0.158. The molecule has 0 saturated heterocycles. The molecule has 0 aromatic rings. The molecule has 0 aromatic heterocycles. The number of carbonyl (C=O) groups is 3. The predicted octanol–water partition coefficient (Wildman–Crippen LogP) is 0.222. The molecule has 0 unspecified atom stereocenters. The van der Waals surface area contributed by atoms with E-state index >= 15 is 0 Å². The fourth-order valence-corrected chi connectivity index (χ4v) is 3.97. The Bertz CT molecular complexity index is 557. The molecular formula is C17H30N4O5. The average Bonchev–Trinajstić information content (AvgIpc) is 2.83. The number of amides is 1. The molecule has 1 rings (SSSR count). The Hall–Kier alpha value is -2.32. The number of esters is 1. The summed E-state index contributed by atoms with van der Waals surface area (Å²) in [6, 6.07) is -0.979. The van der Waals surface area contributed by atoms with E-state index in [4.69, 9.17) is 16.2 Å². The van der Waals surface area contributed by atoms with Crippen molar-refractivity contribution in [2.24, 2.45) is 34.2 Å². The molecular weight excluding hydrogens is 340 g/mol. The number of carboxylic acid groups (broad SMARTS) is 1. The highest BCUT2D eigenvalue weighted by Crippen LogP contribution is 2.41. The van der Waals surface area contributed by atoms with Gasteiger partial charge in [-0.3, -0.25) is 14.4 Å². The van der Waals surface area contributed by atoms with Gasteiger partial charge in [0.1, 0.15) is 6.10 Å². The van der Waals surface area contributed by atoms with Crippen molar-refractivity contribution < 1.29 is 24.2 Å². The summed E-state index contributed by atoms with van der Waals surface area (Å²) in [6.45, 7) is 6.61. The van der Waals surface area contributed by atoms with Gasteiger partial charge in [-0.15, -0.1) is 0 Å². The van der Waals surface area contributed by atoms with E-state index in [1.807, 2.05) is 13.8 Å². The van der Waals surface area contributed by atoms with Crippen molar-refractivity contribution in [3.8, 4) is 0 Å². The van der Waals surface area contributed by atoms with Crippen LogP contribution in [0, 0.1) is 17.8 Å². The predicted molar refractivity (Wildman–Crippen MR) is 96.1 cm³/mol. The fraction of sp³-hybridized carbons (Fsp3) is 0.765. The van der Waals surface area contributed by atoms with E-state index < -0.39 is 42.0 Å². The number of rotatable bonds is 8. The molecule has 26 heavy (non-hydrogen) atoms. The van der Waals surface area contributed by atoms with Crippen molar-refractivity contribution in [1.82, 2.24) is 5.32 Å². The Kier molecular flexibility index (Phi) is 7.85. The molecule has 1 fully saturated rings. The molecule has 5 atom stereocenters. The standard InChI is InChI=1S/C17H30N4O5/c1-5-10(6-2)14(20-8(3)22)13-12(21-17(18)19)7-11(16(24)25)15(13)26-9(4)23/h10-15H,5-7H2,1-4H3,(H,20,22)(H,24,25)(H4,18,19,21)/t11-,12+,13+,14-,15+/m0/s1. The van der Waals surface area contributed by atoms with Gasteiger partial charge >= 0.3 is 11.9 Å². The molecule has 9 heteroatoms. The average molecular weight is 370 g/mol. The Labute approximate surface area is 153 Å². The fourth-order valence-electron chi connectivity index (χ4n) is 3.97. The van der Waals surface area contributed by atoms with E-state index in [-0.39, 0.29) is 24.2 Å². The number of nitrogens with zero attached hydrogens (tertiary/aromatic N) is 1. The number of hydrogen-bond acceptors (Lipinski definition) is 5. The van der Waals surface area contributed by atoms with Crippen LogP contribution in [-0.2, 0) is 19.1 Å². The normalized spacial score (nSPS) is 26.2. The molecule has 0 aliphatic heterocycles. The number of nitrogens with one attached hydrogen (secondary N) is 1. The molecule has 1 aliphatic rings. The van der Waals surface area contributed by atoms with Gasteiger partial charge in [-0.25, -0.2) is 4.99 Å². The van der Waals surface area contributed by atoms with Crippen LogP contribution in [0.5, 0.6) is 0 Å². The van der Waals surface area contributed by atoms with E-state index in [0.29, 0.717) is 0 Å². The van der Waals surface area contributed by atoms with Crippen molar-refractivity contribution in [3.05, 3.63) is 0 Å². The van der Waals surface area contributed by atoms with Crippen LogP contribution in [0.25, 0.3) is 0 Å². The summed E-state index contributed by atoms with van der Waals surface area (Å²) >= 11 is 0. The number of carbonyl (C=O) groups excluding carboxylic acids is 2. The van der Waals surface area contributed by atoms with Gasteiger partial charge in [0.15, 0.2) is 5.96 Å². The van der Waals surface area contributed by atoms with Crippen LogP contribution in [0.15, 0.2) is 4.99 Å². The number of carboxylic acids is 1. The lowest BCUT2D eigenvalue weighted by Gasteiger charge is -2.36. The molecule has 0 heterocycles. The Morgan fingerprint density at radius 3 is 2.19 bits per heavy atom. The zero-order chi connectivity index (χ0) is 20.0. The molecule has 1 aliphatic carbocycles. The van der Waals surface area contributed by atoms with Gasteiger partial charge in [0.2, 0.25) is 5.91 Å². The topological polar surface area (TPSA) is 157 Å². The first-order valence-electron chi connectivity index (χ1n) is 8.88. The first kappa shape index (κ1) is 21.7. The van der Waals surface area contributed by atoms with E-state index in [1.165, 1.54) is 13.8 Å². The third kappa shape index (κ3) is 5.34. The maximum atomic E-state index is 11.8. The summed E-state index contributed by atoms with van der Waals surface area (Å²) in [5, 5.41) is 12.5. The van der Waals surface area contributed by atoms with Crippen molar-refractivity contribution in [2.75, 3.05) is 0 Å². The largest absolute Gasteiger partial charge is 0.481 e. The van der Waals surface area contributed by atoms with Gasteiger partial charge in [0.25, 0.3) is 0 Å². The molecule has 0 spiro atoms. The maximum absolute atomic E-state index is 11.8. The number of hydrogen-bond donors (Lipinski definition) is 4. The van der Waals surface area contributed by atoms with Crippen LogP contribution in [0.2, 0.25) is 0 Å². The molecule has 1 amide bonds. The minimum atomic E-state index is -1.08. The lowest BCUT2D eigenvalue weighted by atomic mass is 9.80.